The number of aliphatic imine (C=N–C) groups is 1. The molecule has 13 heteroatoms. The lowest BCUT2D eigenvalue weighted by Gasteiger charge is -2.67. The van der Waals surface area contributed by atoms with E-state index in [0.717, 1.165) is 44.1 Å². The van der Waals surface area contributed by atoms with E-state index in [-0.39, 0.29) is 65.9 Å². The molecule has 0 radical (unpaired) electrons. The van der Waals surface area contributed by atoms with E-state index >= 15 is 0 Å². The fourth-order valence-corrected chi connectivity index (χ4v) is 13.4. The van der Waals surface area contributed by atoms with Gasteiger partial charge in [0.1, 0.15) is 19.0 Å². The van der Waals surface area contributed by atoms with Crippen LogP contribution in [0.1, 0.15) is 71.6 Å². The second-order valence-corrected chi connectivity index (χ2v) is 17.0. The van der Waals surface area contributed by atoms with E-state index in [4.69, 9.17) is 39.1 Å². The van der Waals surface area contributed by atoms with Crippen LogP contribution >= 0.6 is 11.8 Å². The van der Waals surface area contributed by atoms with Crippen molar-refractivity contribution in [2.24, 2.45) is 50.6 Å². The Balaban J connectivity index is 1.15. The molecule has 1 unspecified atom stereocenters. The minimum atomic E-state index is -1.84. The summed E-state index contributed by atoms with van der Waals surface area (Å²) in [7, 11) is 1.32. The number of fused-ring (bicyclic) bond motifs is 8. The maximum Gasteiger partial charge on any atom is 0.507 e. The number of aliphatic hydroxyl groups is 2. The van der Waals surface area contributed by atoms with Gasteiger partial charge in [-0.1, -0.05) is 6.92 Å². The Morgan fingerprint density at radius 3 is 2.68 bits per heavy atom. The molecule has 8 aliphatic rings. The third-order valence-corrected chi connectivity index (χ3v) is 15.6. The van der Waals surface area contributed by atoms with Gasteiger partial charge in [0.2, 0.25) is 6.29 Å². The first kappa shape index (κ1) is 32.3. The number of rotatable bonds is 4. The van der Waals surface area contributed by atoms with Gasteiger partial charge in [-0.3, -0.25) is 0 Å². The van der Waals surface area contributed by atoms with E-state index in [1.165, 1.54) is 18.9 Å². The zero-order valence-corrected chi connectivity index (χ0v) is 28.3. The maximum absolute atomic E-state index is 12.5. The topological polar surface area (TPSA) is 168 Å². The number of carbonyl (C=O) groups excluding carboxylic acids is 2. The zero-order chi connectivity index (χ0) is 33.0. The Hall–Kier alpha value is -1.90. The predicted octanol–water partition coefficient (Wildman–Crippen LogP) is 3.27. The molecule has 0 aromatic rings. The number of carbonyl (C=O) groups is 2. The minimum absolute atomic E-state index is 0.0592. The summed E-state index contributed by atoms with van der Waals surface area (Å²) in [6.07, 6.45) is 5.88. The first-order valence-electron chi connectivity index (χ1n) is 17.3. The van der Waals surface area contributed by atoms with Crippen molar-refractivity contribution < 1.29 is 48.2 Å². The lowest BCUT2D eigenvalue weighted by molar-refractivity contribution is -0.447. The number of cyclic esters (lactones) is 1. The monoisotopic (exact) mass is 676 g/mol. The van der Waals surface area contributed by atoms with Gasteiger partial charge in [0.15, 0.2) is 4.87 Å². The molecule has 4 N–H and O–H groups in total. The lowest BCUT2D eigenvalue weighted by atomic mass is 9.39. The summed E-state index contributed by atoms with van der Waals surface area (Å²) in [5, 5.41) is 23.7. The molecule has 47 heavy (non-hydrogen) atoms. The molecule has 4 aliphatic carbocycles. The van der Waals surface area contributed by atoms with Crippen molar-refractivity contribution >= 4 is 29.7 Å². The number of hydrogen-bond acceptors (Lipinski definition) is 13. The largest absolute Gasteiger partial charge is 0.507 e. The van der Waals surface area contributed by atoms with E-state index in [1.54, 1.807) is 6.08 Å². The number of thioether (sulfide) groups is 1. The van der Waals surface area contributed by atoms with Gasteiger partial charge >= 0.3 is 12.1 Å². The second kappa shape index (κ2) is 11.1. The molecule has 0 amide bonds. The van der Waals surface area contributed by atoms with E-state index in [1.807, 2.05) is 6.92 Å². The quantitative estimate of drug-likeness (QED) is 0.294. The normalized spacial score (nSPS) is 51.5. The third kappa shape index (κ3) is 4.41. The van der Waals surface area contributed by atoms with Crippen LogP contribution in [0, 0.1) is 39.9 Å². The lowest BCUT2D eigenvalue weighted by Crippen LogP contribution is -2.73. The molecule has 12 nitrogen and oxygen atoms in total. The predicted molar refractivity (Wildman–Crippen MR) is 169 cm³/mol. The van der Waals surface area contributed by atoms with Gasteiger partial charge in [0.05, 0.1) is 31.2 Å². The number of hydrogen-bond donors (Lipinski definition) is 3. The highest BCUT2D eigenvalue weighted by molar-refractivity contribution is 8.01. The smallest absolute Gasteiger partial charge is 0.458 e. The van der Waals surface area contributed by atoms with Crippen molar-refractivity contribution in [3.8, 4) is 0 Å². The molecule has 0 bridgehead atoms. The number of aliphatic hydroxyl groups excluding tert-OH is 1. The minimum Gasteiger partial charge on any atom is -0.458 e. The van der Waals surface area contributed by atoms with Crippen molar-refractivity contribution in [2.45, 2.75) is 107 Å². The van der Waals surface area contributed by atoms with Crippen molar-refractivity contribution in [1.29, 1.82) is 0 Å². The van der Waals surface area contributed by atoms with Crippen molar-refractivity contribution in [2.75, 3.05) is 32.7 Å². The van der Waals surface area contributed by atoms with Gasteiger partial charge in [-0.25, -0.2) is 14.6 Å². The summed E-state index contributed by atoms with van der Waals surface area (Å²) in [6, 6.07) is 0. The Morgan fingerprint density at radius 2 is 1.98 bits per heavy atom. The standard InChI is InChI=1S/C34H48N2O10S/c1-18-12-33(36-26(35)15-47-33)34(40)28(44-18)45-24-11-20-4-5-23-22(31(20,13-25(24)46-34)17-43-29(39)41-3)6-8-30(2)21(7-9-32(23,30)16-37)19-10-27(38)42-14-19/h10,18,20-25,28,37,40H,4-9,11-17H2,1-3H3,(H2,35,36)/t18-,20+,21-,22+,23-,24-,25-,28+,30-,31-,32+,33+,34?/m1/s1. The Labute approximate surface area is 279 Å². The number of esters is 1. The molecule has 6 fully saturated rings. The number of methoxy groups -OCH3 is 1. The highest BCUT2D eigenvalue weighted by atomic mass is 32.2. The molecule has 8 rings (SSSR count). The average molecular weight is 677 g/mol. The third-order valence-electron chi connectivity index (χ3n) is 14.1. The molecule has 0 aromatic carbocycles. The SMILES string of the molecule is COC(=O)OC[C@]12C[C@H]3OC4(O)[C@@H](O[C@H](C)C[C@@]45N=C(N)CS5)O[C@@H]3C[C@@H]1CC[C@@H]1[C@@H]2CC[C@]2(C)[C@@H](C3=CC(=O)OC3)CC[C@]12CO. The molecule has 4 saturated carbocycles. The molecule has 260 valence electrons. The molecule has 4 heterocycles. The zero-order valence-electron chi connectivity index (χ0n) is 27.5. The fourth-order valence-electron chi connectivity index (χ4n) is 12.0. The number of nitrogens with two attached hydrogens (primary N) is 1. The van der Waals surface area contributed by atoms with Crippen LogP contribution in [0.25, 0.3) is 0 Å². The Morgan fingerprint density at radius 1 is 1.15 bits per heavy atom. The molecular formula is C34H48N2O10S. The van der Waals surface area contributed by atoms with Crippen LogP contribution in [0.5, 0.6) is 0 Å². The van der Waals surface area contributed by atoms with Gasteiger partial charge in [-0.15, -0.1) is 11.8 Å². The van der Waals surface area contributed by atoms with Crippen LogP contribution in [0.15, 0.2) is 16.6 Å². The van der Waals surface area contributed by atoms with Crippen LogP contribution in [0.4, 0.5) is 4.79 Å². The van der Waals surface area contributed by atoms with Crippen LogP contribution in [-0.2, 0) is 33.2 Å². The highest BCUT2D eigenvalue weighted by Gasteiger charge is 2.73. The highest BCUT2D eigenvalue weighted by Crippen LogP contribution is 2.74. The average Bonchev–Trinajstić information content (AvgIpc) is 3.73. The molecule has 4 aliphatic heterocycles. The van der Waals surface area contributed by atoms with Gasteiger partial charge < -0.3 is 44.4 Å². The summed E-state index contributed by atoms with van der Waals surface area (Å²) >= 11 is 1.47. The number of ether oxygens (including phenoxy) is 6. The van der Waals surface area contributed by atoms with Crippen LogP contribution in [-0.4, -0.2) is 96.1 Å². The molecular weight excluding hydrogens is 628 g/mol. The first-order chi connectivity index (χ1) is 22.4. The van der Waals surface area contributed by atoms with Crippen LogP contribution in [0.3, 0.4) is 0 Å². The van der Waals surface area contributed by atoms with Gasteiger partial charge in [0.25, 0.3) is 5.79 Å². The summed E-state index contributed by atoms with van der Waals surface area (Å²) in [5.74, 6) is -0.548. The summed E-state index contributed by atoms with van der Waals surface area (Å²) < 4.78 is 35.8. The molecule has 2 saturated heterocycles. The number of amidine groups is 1. The Kier molecular flexibility index (Phi) is 7.60. The molecule has 0 aromatic heterocycles. The van der Waals surface area contributed by atoms with Crippen molar-refractivity contribution in [3.05, 3.63) is 11.6 Å². The second-order valence-electron chi connectivity index (χ2n) is 15.8. The van der Waals surface area contributed by atoms with Crippen LogP contribution < -0.4 is 5.73 Å². The van der Waals surface area contributed by atoms with Gasteiger partial charge in [0, 0.05) is 29.9 Å². The van der Waals surface area contributed by atoms with Gasteiger partial charge in [-0.2, -0.15) is 0 Å². The van der Waals surface area contributed by atoms with Crippen molar-refractivity contribution in [1.82, 2.24) is 0 Å². The van der Waals surface area contributed by atoms with Gasteiger partial charge in [-0.05, 0) is 93.0 Å². The maximum atomic E-state index is 12.5. The number of nitrogens with zero attached hydrogens (tertiary/aromatic N) is 1. The summed E-state index contributed by atoms with van der Waals surface area (Å²) in [6.45, 7) is 4.81. The van der Waals surface area contributed by atoms with E-state index in [2.05, 4.69) is 6.92 Å². The fraction of sp³-hybridized carbons (Fsp3) is 0.853. The van der Waals surface area contributed by atoms with Crippen molar-refractivity contribution in [3.63, 3.8) is 0 Å². The summed E-state index contributed by atoms with van der Waals surface area (Å²) in [4.78, 5) is 28.3. The first-order valence-corrected chi connectivity index (χ1v) is 18.3. The van der Waals surface area contributed by atoms with E-state index in [9.17, 15) is 19.8 Å². The van der Waals surface area contributed by atoms with E-state index in [0.29, 0.717) is 37.5 Å². The summed E-state index contributed by atoms with van der Waals surface area (Å²) in [5.41, 5.74) is 6.17. The molecule has 1 spiro atoms. The molecule has 13 atom stereocenters. The van der Waals surface area contributed by atoms with E-state index < -0.39 is 34.6 Å². The Bertz CT molecular complexity index is 1390. The van der Waals surface area contributed by atoms with Crippen LogP contribution in [0.2, 0.25) is 0 Å².